The van der Waals surface area contributed by atoms with Crippen molar-refractivity contribution in [2.24, 2.45) is 5.92 Å². The second-order valence-electron chi connectivity index (χ2n) is 6.80. The molecule has 1 aliphatic heterocycles. The lowest BCUT2D eigenvalue weighted by Gasteiger charge is -2.32. The summed E-state index contributed by atoms with van der Waals surface area (Å²) >= 11 is 0. The molecule has 1 aromatic carbocycles. The first-order valence-corrected chi connectivity index (χ1v) is 10.2. The Morgan fingerprint density at radius 2 is 2.00 bits per heavy atom. The second kappa shape index (κ2) is 6.87. The largest absolute Gasteiger partial charge is 0.310 e. The SMILES string of the molecule is CS(=O)(=O)N1CCC(CN[C@@H]2CCCc3cc(F)ccc32)CC1. The van der Waals surface area contributed by atoms with Gasteiger partial charge in [0.2, 0.25) is 10.0 Å². The van der Waals surface area contributed by atoms with E-state index < -0.39 is 10.0 Å². The Morgan fingerprint density at radius 1 is 1.26 bits per heavy atom. The van der Waals surface area contributed by atoms with Gasteiger partial charge in [-0.2, -0.15) is 0 Å². The molecule has 0 spiro atoms. The van der Waals surface area contributed by atoms with Crippen molar-refractivity contribution in [1.29, 1.82) is 0 Å². The van der Waals surface area contributed by atoms with Crippen LogP contribution < -0.4 is 5.32 Å². The maximum Gasteiger partial charge on any atom is 0.211 e. The van der Waals surface area contributed by atoms with Gasteiger partial charge >= 0.3 is 0 Å². The fraction of sp³-hybridized carbons (Fsp3) is 0.647. The molecule has 0 saturated carbocycles. The summed E-state index contributed by atoms with van der Waals surface area (Å²) in [5.74, 6) is 0.358. The third-order valence-electron chi connectivity index (χ3n) is 5.11. The summed E-state index contributed by atoms with van der Waals surface area (Å²) in [4.78, 5) is 0. The smallest absolute Gasteiger partial charge is 0.211 e. The van der Waals surface area contributed by atoms with Crippen LogP contribution in [-0.2, 0) is 16.4 Å². The van der Waals surface area contributed by atoms with Crippen molar-refractivity contribution in [1.82, 2.24) is 9.62 Å². The lowest BCUT2D eigenvalue weighted by atomic mass is 9.87. The van der Waals surface area contributed by atoms with Gasteiger partial charge < -0.3 is 5.32 Å². The van der Waals surface area contributed by atoms with Gasteiger partial charge in [0.15, 0.2) is 0 Å². The predicted molar refractivity (Wildman–Crippen MR) is 89.2 cm³/mol. The first-order valence-electron chi connectivity index (χ1n) is 8.40. The predicted octanol–water partition coefficient (Wildman–Crippen LogP) is 2.46. The molecule has 23 heavy (non-hydrogen) atoms. The number of hydrogen-bond donors (Lipinski definition) is 1. The molecule has 0 unspecified atom stereocenters. The molecule has 1 atom stereocenters. The van der Waals surface area contributed by atoms with Gasteiger partial charge in [-0.05, 0) is 67.8 Å². The van der Waals surface area contributed by atoms with Crippen LogP contribution in [0.1, 0.15) is 42.9 Å². The van der Waals surface area contributed by atoms with E-state index in [1.807, 2.05) is 6.07 Å². The Bertz CT molecular complexity index is 655. The summed E-state index contributed by atoms with van der Waals surface area (Å²) in [5.41, 5.74) is 2.35. The van der Waals surface area contributed by atoms with E-state index in [4.69, 9.17) is 0 Å². The average molecular weight is 340 g/mol. The summed E-state index contributed by atoms with van der Waals surface area (Å²) in [6.45, 7) is 2.15. The van der Waals surface area contributed by atoms with Gasteiger partial charge in [-0.15, -0.1) is 0 Å². The van der Waals surface area contributed by atoms with Crippen LogP contribution in [0.4, 0.5) is 4.39 Å². The summed E-state index contributed by atoms with van der Waals surface area (Å²) < 4.78 is 38.0. The van der Waals surface area contributed by atoms with Crippen molar-refractivity contribution in [2.75, 3.05) is 25.9 Å². The van der Waals surface area contributed by atoms with E-state index in [0.717, 1.165) is 44.2 Å². The van der Waals surface area contributed by atoms with Gasteiger partial charge in [-0.1, -0.05) is 6.07 Å². The molecule has 1 fully saturated rings. The number of aryl methyl sites for hydroxylation is 1. The molecule has 6 heteroatoms. The number of sulfonamides is 1. The zero-order chi connectivity index (χ0) is 16.4. The van der Waals surface area contributed by atoms with Crippen LogP contribution in [0.25, 0.3) is 0 Å². The molecular formula is C17H25FN2O2S. The Morgan fingerprint density at radius 3 is 2.70 bits per heavy atom. The highest BCUT2D eigenvalue weighted by molar-refractivity contribution is 7.88. The minimum absolute atomic E-state index is 0.155. The Kier molecular flexibility index (Phi) is 5.04. The third kappa shape index (κ3) is 4.11. The monoisotopic (exact) mass is 340 g/mol. The normalized spacial score (nSPS) is 23.7. The van der Waals surface area contributed by atoms with Crippen molar-refractivity contribution in [3.05, 3.63) is 35.1 Å². The molecule has 4 nitrogen and oxygen atoms in total. The van der Waals surface area contributed by atoms with Crippen molar-refractivity contribution >= 4 is 10.0 Å². The van der Waals surface area contributed by atoms with E-state index >= 15 is 0 Å². The fourth-order valence-electron chi connectivity index (χ4n) is 3.75. The summed E-state index contributed by atoms with van der Waals surface area (Å²) in [6.07, 6.45) is 6.22. The fourth-order valence-corrected chi connectivity index (χ4v) is 4.62. The maximum absolute atomic E-state index is 13.4. The van der Waals surface area contributed by atoms with Gasteiger partial charge in [0.1, 0.15) is 5.82 Å². The van der Waals surface area contributed by atoms with Gasteiger partial charge in [0, 0.05) is 19.1 Å². The van der Waals surface area contributed by atoms with Crippen LogP contribution in [-0.4, -0.2) is 38.6 Å². The van der Waals surface area contributed by atoms with Crippen molar-refractivity contribution < 1.29 is 12.8 Å². The van der Waals surface area contributed by atoms with Crippen LogP contribution in [0.3, 0.4) is 0 Å². The average Bonchev–Trinajstić information content (AvgIpc) is 2.52. The highest BCUT2D eigenvalue weighted by Crippen LogP contribution is 2.30. The Hall–Kier alpha value is -0.980. The number of nitrogens with zero attached hydrogens (tertiary/aromatic N) is 1. The molecule has 128 valence electrons. The Balaban J connectivity index is 1.55. The number of rotatable bonds is 4. The van der Waals surface area contributed by atoms with E-state index in [9.17, 15) is 12.8 Å². The zero-order valence-electron chi connectivity index (χ0n) is 13.6. The molecule has 0 aromatic heterocycles. The number of piperidine rings is 1. The number of benzene rings is 1. The zero-order valence-corrected chi connectivity index (χ0v) is 14.4. The summed E-state index contributed by atoms with van der Waals surface area (Å²) in [7, 11) is -3.05. The van der Waals surface area contributed by atoms with E-state index in [2.05, 4.69) is 5.32 Å². The molecule has 0 radical (unpaired) electrons. The first kappa shape index (κ1) is 16.9. The molecule has 2 aliphatic rings. The van der Waals surface area contributed by atoms with Crippen molar-refractivity contribution in [3.8, 4) is 0 Å². The van der Waals surface area contributed by atoms with Gasteiger partial charge in [0.05, 0.1) is 6.26 Å². The van der Waals surface area contributed by atoms with Crippen molar-refractivity contribution in [2.45, 2.75) is 38.1 Å². The summed E-state index contributed by atoms with van der Waals surface area (Å²) in [5, 5.41) is 3.63. The lowest BCUT2D eigenvalue weighted by molar-refractivity contribution is 0.259. The van der Waals surface area contributed by atoms with Gasteiger partial charge in [-0.25, -0.2) is 17.1 Å². The third-order valence-corrected chi connectivity index (χ3v) is 6.42. The van der Waals surface area contributed by atoms with E-state index in [1.54, 1.807) is 16.4 Å². The van der Waals surface area contributed by atoms with Crippen LogP contribution in [0, 0.1) is 11.7 Å². The Labute approximate surface area is 138 Å². The maximum atomic E-state index is 13.4. The number of nitrogens with one attached hydrogen (secondary N) is 1. The van der Waals surface area contributed by atoms with E-state index in [0.29, 0.717) is 25.0 Å². The van der Waals surface area contributed by atoms with Crippen LogP contribution in [0.2, 0.25) is 0 Å². The lowest BCUT2D eigenvalue weighted by Crippen LogP contribution is -2.40. The number of hydrogen-bond acceptors (Lipinski definition) is 3. The van der Waals surface area contributed by atoms with Crippen LogP contribution in [0.15, 0.2) is 18.2 Å². The molecule has 0 bridgehead atoms. The molecule has 1 saturated heterocycles. The molecular weight excluding hydrogens is 315 g/mol. The highest BCUT2D eigenvalue weighted by Gasteiger charge is 2.26. The number of fused-ring (bicyclic) bond motifs is 1. The standard InChI is InChI=1S/C17H25FN2O2S/c1-23(21,22)20-9-7-13(8-10-20)12-19-17-4-2-3-14-11-15(18)5-6-16(14)17/h5-6,11,13,17,19H,2-4,7-10,12H2,1H3/t17-/m1/s1. The molecule has 3 rings (SSSR count). The first-order chi connectivity index (χ1) is 10.9. The number of halogens is 1. The molecule has 1 heterocycles. The minimum Gasteiger partial charge on any atom is -0.310 e. The molecule has 1 aliphatic carbocycles. The minimum atomic E-state index is -3.05. The summed E-state index contributed by atoms with van der Waals surface area (Å²) in [6, 6.07) is 5.41. The van der Waals surface area contributed by atoms with E-state index in [1.165, 1.54) is 11.8 Å². The van der Waals surface area contributed by atoms with Crippen LogP contribution >= 0.6 is 0 Å². The van der Waals surface area contributed by atoms with Crippen molar-refractivity contribution in [3.63, 3.8) is 0 Å². The highest BCUT2D eigenvalue weighted by atomic mass is 32.2. The molecule has 1 N–H and O–H groups in total. The topological polar surface area (TPSA) is 49.4 Å². The quantitative estimate of drug-likeness (QED) is 0.916. The van der Waals surface area contributed by atoms with Gasteiger partial charge in [0.25, 0.3) is 0 Å². The van der Waals surface area contributed by atoms with Crippen LogP contribution in [0.5, 0.6) is 0 Å². The molecule has 0 amide bonds. The van der Waals surface area contributed by atoms with E-state index in [-0.39, 0.29) is 5.82 Å². The second-order valence-corrected chi connectivity index (χ2v) is 8.78. The molecule has 1 aromatic rings. The van der Waals surface area contributed by atoms with Gasteiger partial charge in [-0.3, -0.25) is 0 Å².